The van der Waals surface area contributed by atoms with Gasteiger partial charge in [-0.15, -0.1) is 0 Å². The lowest BCUT2D eigenvalue weighted by Crippen LogP contribution is -2.31. The first-order chi connectivity index (χ1) is 13.4. The van der Waals surface area contributed by atoms with E-state index in [1.54, 1.807) is 35.2 Å². The quantitative estimate of drug-likeness (QED) is 0.717. The first kappa shape index (κ1) is 18.6. The van der Waals surface area contributed by atoms with Crippen molar-refractivity contribution in [2.24, 2.45) is 5.92 Å². The second-order valence-corrected chi connectivity index (χ2v) is 8.68. The molecule has 5 nitrogen and oxygen atoms in total. The predicted octanol–water partition coefficient (Wildman–Crippen LogP) is 3.31. The van der Waals surface area contributed by atoms with Crippen molar-refractivity contribution in [3.05, 3.63) is 72.5 Å². The molecule has 28 heavy (non-hydrogen) atoms. The molecule has 4 rings (SSSR count). The van der Waals surface area contributed by atoms with E-state index < -0.39 is 10.0 Å². The van der Waals surface area contributed by atoms with Crippen LogP contribution in [0.15, 0.2) is 71.6 Å². The average molecular weight is 398 g/mol. The molecule has 0 saturated carbocycles. The number of sulfonamides is 1. The zero-order chi connectivity index (χ0) is 19.7. The van der Waals surface area contributed by atoms with Crippen LogP contribution in [0, 0.1) is 11.7 Å². The Balaban J connectivity index is 1.44. The summed E-state index contributed by atoms with van der Waals surface area (Å²) in [5.74, 6) is -0.607. The summed E-state index contributed by atoms with van der Waals surface area (Å²) in [4.78, 5) is 14.0. The SMILES string of the molecule is O=C1CC(CNS(=O)(=O)c2ccc3ccccc3c2)CN1c1ccc(F)cc1. The zero-order valence-corrected chi connectivity index (χ0v) is 15.8. The first-order valence-corrected chi connectivity index (χ1v) is 10.4. The Bertz CT molecular complexity index is 1130. The van der Waals surface area contributed by atoms with Crippen LogP contribution in [0.4, 0.5) is 10.1 Å². The molecule has 0 aromatic heterocycles. The van der Waals surface area contributed by atoms with Gasteiger partial charge in [-0.3, -0.25) is 4.79 Å². The Hall–Kier alpha value is -2.77. The van der Waals surface area contributed by atoms with Gasteiger partial charge in [0.25, 0.3) is 0 Å². The van der Waals surface area contributed by atoms with E-state index in [4.69, 9.17) is 0 Å². The smallest absolute Gasteiger partial charge is 0.240 e. The van der Waals surface area contributed by atoms with Crippen LogP contribution < -0.4 is 9.62 Å². The second kappa shape index (κ2) is 7.33. The molecule has 0 aliphatic carbocycles. The molecular weight excluding hydrogens is 379 g/mol. The molecule has 1 saturated heterocycles. The summed E-state index contributed by atoms with van der Waals surface area (Å²) < 4.78 is 41.0. The minimum Gasteiger partial charge on any atom is -0.312 e. The number of hydrogen-bond acceptors (Lipinski definition) is 3. The fraction of sp³-hybridized carbons (Fsp3) is 0.190. The fourth-order valence-electron chi connectivity index (χ4n) is 3.43. The minimum atomic E-state index is -3.67. The summed E-state index contributed by atoms with van der Waals surface area (Å²) in [5, 5.41) is 1.82. The molecule has 1 atom stereocenters. The number of rotatable bonds is 5. The number of carbonyl (C=O) groups is 1. The van der Waals surface area contributed by atoms with Gasteiger partial charge in [-0.2, -0.15) is 0 Å². The monoisotopic (exact) mass is 398 g/mol. The molecule has 144 valence electrons. The number of halogens is 1. The van der Waals surface area contributed by atoms with E-state index in [2.05, 4.69) is 4.72 Å². The van der Waals surface area contributed by atoms with Crippen LogP contribution in [0.25, 0.3) is 10.8 Å². The van der Waals surface area contributed by atoms with Gasteiger partial charge in [0.1, 0.15) is 5.82 Å². The Labute approximate surface area is 162 Å². The molecule has 7 heteroatoms. The summed E-state index contributed by atoms with van der Waals surface area (Å²) in [5.41, 5.74) is 0.617. The number of nitrogens with one attached hydrogen (secondary N) is 1. The highest BCUT2D eigenvalue weighted by Crippen LogP contribution is 2.25. The molecule has 1 aliphatic rings. The normalized spacial score (nSPS) is 17.4. The Kier molecular flexibility index (Phi) is 4.87. The molecule has 1 unspecified atom stereocenters. The van der Waals surface area contributed by atoms with Crippen LogP contribution in [0.3, 0.4) is 0 Å². The van der Waals surface area contributed by atoms with Gasteiger partial charge in [0.2, 0.25) is 15.9 Å². The molecule has 0 radical (unpaired) electrons. The van der Waals surface area contributed by atoms with Gasteiger partial charge < -0.3 is 4.90 Å². The highest BCUT2D eigenvalue weighted by atomic mass is 32.2. The van der Waals surface area contributed by atoms with Gasteiger partial charge >= 0.3 is 0 Å². The van der Waals surface area contributed by atoms with Gasteiger partial charge in [-0.1, -0.05) is 30.3 Å². The third-order valence-corrected chi connectivity index (χ3v) is 6.36. The third kappa shape index (κ3) is 3.76. The standard InChI is InChI=1S/C21H19FN2O3S/c22-18-6-8-19(9-7-18)24-14-15(11-21(24)25)13-23-28(26,27)20-10-5-16-3-1-2-4-17(16)12-20/h1-10,12,15,23H,11,13-14H2. The first-order valence-electron chi connectivity index (χ1n) is 8.97. The lowest BCUT2D eigenvalue weighted by atomic mass is 10.1. The fourth-order valence-corrected chi connectivity index (χ4v) is 4.59. The number of hydrogen-bond donors (Lipinski definition) is 1. The summed E-state index contributed by atoms with van der Waals surface area (Å²) in [7, 11) is -3.67. The van der Waals surface area contributed by atoms with Crippen molar-refractivity contribution < 1.29 is 17.6 Å². The molecule has 0 spiro atoms. The Morgan fingerprint density at radius 2 is 1.71 bits per heavy atom. The maximum atomic E-state index is 13.1. The van der Waals surface area contributed by atoms with Gasteiger partial charge in [-0.25, -0.2) is 17.5 Å². The molecular formula is C21H19FN2O3S. The van der Waals surface area contributed by atoms with E-state index in [-0.39, 0.29) is 35.5 Å². The summed E-state index contributed by atoms with van der Waals surface area (Å²) in [6.45, 7) is 0.559. The van der Waals surface area contributed by atoms with Crippen LogP contribution in [0.5, 0.6) is 0 Å². The predicted molar refractivity (Wildman–Crippen MR) is 106 cm³/mol. The van der Waals surface area contributed by atoms with Crippen molar-refractivity contribution in [2.45, 2.75) is 11.3 Å². The zero-order valence-electron chi connectivity index (χ0n) is 15.0. The van der Waals surface area contributed by atoms with Crippen LogP contribution in [-0.4, -0.2) is 27.4 Å². The highest BCUT2D eigenvalue weighted by Gasteiger charge is 2.31. The third-order valence-electron chi connectivity index (χ3n) is 4.94. The van der Waals surface area contributed by atoms with Crippen LogP contribution >= 0.6 is 0 Å². The van der Waals surface area contributed by atoms with Gasteiger partial charge in [-0.05, 0) is 53.1 Å². The number of fused-ring (bicyclic) bond motifs is 1. The molecule has 1 fully saturated rings. The van der Waals surface area contributed by atoms with Crippen molar-refractivity contribution in [2.75, 3.05) is 18.0 Å². The van der Waals surface area contributed by atoms with Crippen molar-refractivity contribution >= 4 is 32.4 Å². The second-order valence-electron chi connectivity index (χ2n) is 6.91. The van der Waals surface area contributed by atoms with Gasteiger partial charge in [0.05, 0.1) is 4.90 Å². The molecule has 1 heterocycles. The average Bonchev–Trinajstić information content (AvgIpc) is 3.07. The van der Waals surface area contributed by atoms with Crippen molar-refractivity contribution in [1.29, 1.82) is 0 Å². The Morgan fingerprint density at radius 3 is 2.46 bits per heavy atom. The highest BCUT2D eigenvalue weighted by molar-refractivity contribution is 7.89. The number of carbonyl (C=O) groups excluding carboxylic acids is 1. The van der Waals surface area contributed by atoms with Crippen LogP contribution in [-0.2, 0) is 14.8 Å². The molecule has 1 amide bonds. The maximum Gasteiger partial charge on any atom is 0.240 e. The van der Waals surface area contributed by atoms with E-state index >= 15 is 0 Å². The van der Waals surface area contributed by atoms with Gasteiger partial charge in [0.15, 0.2) is 0 Å². The molecule has 3 aromatic rings. The molecule has 3 aromatic carbocycles. The van der Waals surface area contributed by atoms with Crippen molar-refractivity contribution in [3.63, 3.8) is 0 Å². The summed E-state index contributed by atoms with van der Waals surface area (Å²) >= 11 is 0. The Morgan fingerprint density at radius 1 is 1.00 bits per heavy atom. The summed E-state index contributed by atoms with van der Waals surface area (Å²) in [6.07, 6.45) is 0.248. The molecule has 1 N–H and O–H groups in total. The van der Waals surface area contributed by atoms with E-state index in [9.17, 15) is 17.6 Å². The van der Waals surface area contributed by atoms with E-state index in [1.165, 1.54) is 12.1 Å². The lowest BCUT2D eigenvalue weighted by Gasteiger charge is -2.17. The topological polar surface area (TPSA) is 66.5 Å². The number of benzene rings is 3. The lowest BCUT2D eigenvalue weighted by molar-refractivity contribution is -0.117. The van der Waals surface area contributed by atoms with Gasteiger partial charge in [0, 0.05) is 25.2 Å². The number of nitrogens with zero attached hydrogens (tertiary/aromatic N) is 1. The van der Waals surface area contributed by atoms with Crippen LogP contribution in [0.2, 0.25) is 0 Å². The van der Waals surface area contributed by atoms with E-state index in [0.29, 0.717) is 12.2 Å². The number of anilines is 1. The van der Waals surface area contributed by atoms with Crippen molar-refractivity contribution in [1.82, 2.24) is 4.72 Å². The van der Waals surface area contributed by atoms with E-state index in [1.807, 2.05) is 24.3 Å². The molecule has 0 bridgehead atoms. The molecule has 1 aliphatic heterocycles. The van der Waals surface area contributed by atoms with Crippen LogP contribution in [0.1, 0.15) is 6.42 Å². The van der Waals surface area contributed by atoms with E-state index in [0.717, 1.165) is 10.8 Å². The largest absolute Gasteiger partial charge is 0.312 e. The van der Waals surface area contributed by atoms with Crippen molar-refractivity contribution in [3.8, 4) is 0 Å². The maximum absolute atomic E-state index is 13.1. The minimum absolute atomic E-state index is 0.0958. The number of amides is 1. The summed E-state index contributed by atoms with van der Waals surface area (Å²) in [6, 6.07) is 18.3.